The zero-order valence-electron chi connectivity index (χ0n) is 12.8. The Morgan fingerprint density at radius 1 is 1.05 bits per heavy atom. The van der Waals surface area contributed by atoms with Crippen LogP contribution in [0, 0.1) is 0 Å². The topological polar surface area (TPSA) is 86.5 Å². The number of ether oxygens (including phenoxy) is 1. The van der Waals surface area contributed by atoms with Gasteiger partial charge in [-0.2, -0.15) is 0 Å². The van der Waals surface area contributed by atoms with Gasteiger partial charge in [-0.25, -0.2) is 0 Å². The van der Waals surface area contributed by atoms with Gasteiger partial charge in [-0.05, 0) is 25.5 Å². The average Bonchev–Trinajstić information content (AvgIpc) is 2.48. The molecular formula is C16H23NO4. The van der Waals surface area contributed by atoms with Crippen LogP contribution in [0.5, 0.6) is 0 Å². The van der Waals surface area contributed by atoms with E-state index in [1.54, 1.807) is 24.3 Å². The van der Waals surface area contributed by atoms with Crippen LogP contribution >= 0.6 is 0 Å². The number of hydrogen-bond acceptors (Lipinski definition) is 4. The van der Waals surface area contributed by atoms with E-state index in [-0.39, 0.29) is 11.8 Å². The first kappa shape index (κ1) is 18.8. The summed E-state index contributed by atoms with van der Waals surface area (Å²) in [6.07, 6.45) is 3.81. The Kier molecular flexibility index (Phi) is 9.50. The third-order valence-electron chi connectivity index (χ3n) is 2.79. The lowest BCUT2D eigenvalue weighted by molar-refractivity contribution is -0.140. The molecule has 21 heavy (non-hydrogen) atoms. The summed E-state index contributed by atoms with van der Waals surface area (Å²) in [4.78, 5) is 31.9. The van der Waals surface area contributed by atoms with Crippen LogP contribution < -0.4 is 5.73 Å². The van der Waals surface area contributed by atoms with Gasteiger partial charge in [0.25, 0.3) is 0 Å². The Bertz CT molecular complexity index is 433. The van der Waals surface area contributed by atoms with E-state index in [1.807, 2.05) is 0 Å². The molecule has 0 aliphatic heterocycles. The number of carbonyl (C=O) groups is 3. The number of nitrogens with two attached hydrogens (primary N) is 1. The van der Waals surface area contributed by atoms with Gasteiger partial charge in [0.2, 0.25) is 5.91 Å². The fourth-order valence-corrected chi connectivity index (χ4v) is 1.49. The first-order chi connectivity index (χ1) is 9.92. The Hall–Kier alpha value is -2.17. The molecule has 1 amide bonds. The molecule has 1 rings (SSSR count). The lowest BCUT2D eigenvalue weighted by Gasteiger charge is -1.96. The van der Waals surface area contributed by atoms with Crippen LogP contribution in [0.15, 0.2) is 24.3 Å². The van der Waals surface area contributed by atoms with E-state index >= 15 is 0 Å². The Balaban J connectivity index is 0.000000400. The number of hydrogen-bond donors (Lipinski definition) is 1. The fourth-order valence-electron chi connectivity index (χ4n) is 1.49. The van der Waals surface area contributed by atoms with Gasteiger partial charge in [0.15, 0.2) is 5.78 Å². The Morgan fingerprint density at radius 3 is 1.95 bits per heavy atom. The van der Waals surface area contributed by atoms with E-state index < -0.39 is 5.91 Å². The van der Waals surface area contributed by atoms with Crippen molar-refractivity contribution in [1.82, 2.24) is 0 Å². The van der Waals surface area contributed by atoms with Crippen molar-refractivity contribution in [2.24, 2.45) is 5.73 Å². The van der Waals surface area contributed by atoms with Crippen LogP contribution in [-0.2, 0) is 9.53 Å². The van der Waals surface area contributed by atoms with Crippen molar-refractivity contribution >= 4 is 17.7 Å². The number of benzene rings is 1. The van der Waals surface area contributed by atoms with Gasteiger partial charge in [0.05, 0.1) is 7.11 Å². The average molecular weight is 293 g/mol. The first-order valence-electron chi connectivity index (χ1n) is 6.90. The van der Waals surface area contributed by atoms with Crippen molar-refractivity contribution in [3.8, 4) is 0 Å². The molecule has 0 saturated carbocycles. The number of Topliss-reactive ketones (excluding diaryl/α,β-unsaturated/α-hetero) is 1. The molecule has 0 heterocycles. The predicted octanol–water partition coefficient (Wildman–Crippen LogP) is 2.73. The number of carbonyl (C=O) groups excluding carboxylic acids is 3. The minimum Gasteiger partial charge on any atom is -0.469 e. The molecule has 0 aliphatic carbocycles. The number of esters is 1. The summed E-state index contributed by atoms with van der Waals surface area (Å²) in [6, 6.07) is 6.25. The second-order valence-corrected chi connectivity index (χ2v) is 4.53. The SMILES string of the molecule is CC(=O)c1ccc(C(N)=O)cc1.CCCCCC(=O)OC. The maximum Gasteiger partial charge on any atom is 0.305 e. The molecule has 0 atom stereocenters. The summed E-state index contributed by atoms with van der Waals surface area (Å²) in [7, 11) is 1.42. The molecule has 0 aromatic heterocycles. The van der Waals surface area contributed by atoms with Crippen LogP contribution in [0.3, 0.4) is 0 Å². The molecule has 0 saturated heterocycles. The minimum absolute atomic E-state index is 0.0222. The number of primary amides is 1. The largest absolute Gasteiger partial charge is 0.469 e. The van der Waals surface area contributed by atoms with E-state index in [2.05, 4.69) is 11.7 Å². The van der Waals surface area contributed by atoms with Gasteiger partial charge in [-0.3, -0.25) is 14.4 Å². The molecule has 0 radical (unpaired) electrons. The van der Waals surface area contributed by atoms with Crippen LogP contribution in [0.2, 0.25) is 0 Å². The molecule has 1 aromatic carbocycles. The van der Waals surface area contributed by atoms with Gasteiger partial charge >= 0.3 is 5.97 Å². The van der Waals surface area contributed by atoms with E-state index in [0.29, 0.717) is 17.5 Å². The van der Waals surface area contributed by atoms with Crippen molar-refractivity contribution in [2.75, 3.05) is 7.11 Å². The second-order valence-electron chi connectivity index (χ2n) is 4.53. The van der Waals surface area contributed by atoms with Crippen molar-refractivity contribution in [3.05, 3.63) is 35.4 Å². The molecule has 1 aromatic rings. The standard InChI is InChI=1S/C9H9NO2.C7H14O2/c1-6(11)7-2-4-8(5-3-7)9(10)12;1-3-4-5-6-7(8)9-2/h2-5H,1H3,(H2,10,12);3-6H2,1-2H3. The zero-order valence-corrected chi connectivity index (χ0v) is 12.8. The number of unbranched alkanes of at least 4 members (excludes halogenated alkanes) is 2. The summed E-state index contributed by atoms with van der Waals surface area (Å²) in [5, 5.41) is 0. The fraction of sp³-hybridized carbons (Fsp3) is 0.438. The van der Waals surface area contributed by atoms with Crippen LogP contribution in [0.25, 0.3) is 0 Å². The molecule has 2 N–H and O–H groups in total. The van der Waals surface area contributed by atoms with Gasteiger partial charge in [0.1, 0.15) is 0 Å². The van der Waals surface area contributed by atoms with Gasteiger partial charge < -0.3 is 10.5 Å². The quantitative estimate of drug-likeness (QED) is 0.496. The lowest BCUT2D eigenvalue weighted by atomic mass is 10.1. The molecule has 116 valence electrons. The zero-order chi connectivity index (χ0) is 16.3. The van der Waals surface area contributed by atoms with E-state index in [0.717, 1.165) is 19.3 Å². The normalized spacial score (nSPS) is 9.29. The van der Waals surface area contributed by atoms with Crippen LogP contribution in [0.4, 0.5) is 0 Å². The number of ketones is 1. The summed E-state index contributed by atoms with van der Waals surface area (Å²) in [5.41, 5.74) is 6.02. The first-order valence-corrected chi connectivity index (χ1v) is 6.90. The van der Waals surface area contributed by atoms with Crippen molar-refractivity contribution in [3.63, 3.8) is 0 Å². The minimum atomic E-state index is -0.481. The smallest absolute Gasteiger partial charge is 0.305 e. The number of methoxy groups -OCH3 is 1. The highest BCUT2D eigenvalue weighted by Gasteiger charge is 2.01. The lowest BCUT2D eigenvalue weighted by Crippen LogP contribution is -2.10. The maximum absolute atomic E-state index is 10.8. The maximum atomic E-state index is 10.8. The summed E-state index contributed by atoms with van der Waals surface area (Å²) in [5.74, 6) is -0.598. The predicted molar refractivity (Wildman–Crippen MR) is 81.1 cm³/mol. The molecule has 0 spiro atoms. The van der Waals surface area contributed by atoms with Crippen molar-refractivity contribution in [2.45, 2.75) is 39.5 Å². The van der Waals surface area contributed by atoms with Crippen LogP contribution in [0.1, 0.15) is 60.2 Å². The molecule has 5 heteroatoms. The number of amides is 1. The van der Waals surface area contributed by atoms with E-state index in [1.165, 1.54) is 14.0 Å². The molecule has 0 aliphatic rings. The van der Waals surface area contributed by atoms with Crippen molar-refractivity contribution in [1.29, 1.82) is 0 Å². The highest BCUT2D eigenvalue weighted by Crippen LogP contribution is 2.04. The Labute approximate surface area is 125 Å². The summed E-state index contributed by atoms with van der Waals surface area (Å²) < 4.78 is 4.46. The van der Waals surface area contributed by atoms with Gasteiger partial charge in [-0.1, -0.05) is 31.9 Å². The molecule has 0 fully saturated rings. The van der Waals surface area contributed by atoms with Crippen molar-refractivity contribution < 1.29 is 19.1 Å². The molecule has 5 nitrogen and oxygen atoms in total. The van der Waals surface area contributed by atoms with Crippen LogP contribution in [-0.4, -0.2) is 24.8 Å². The highest BCUT2D eigenvalue weighted by molar-refractivity contribution is 5.97. The molecule has 0 bridgehead atoms. The van der Waals surface area contributed by atoms with E-state index in [9.17, 15) is 14.4 Å². The third kappa shape index (κ3) is 8.57. The van der Waals surface area contributed by atoms with Gasteiger partial charge in [-0.15, -0.1) is 0 Å². The molecular weight excluding hydrogens is 270 g/mol. The van der Waals surface area contributed by atoms with E-state index in [4.69, 9.17) is 5.73 Å². The Morgan fingerprint density at radius 2 is 1.57 bits per heavy atom. The second kappa shape index (κ2) is 10.6. The third-order valence-corrected chi connectivity index (χ3v) is 2.79. The van der Waals surface area contributed by atoms with Gasteiger partial charge in [0, 0.05) is 17.5 Å². The highest BCUT2D eigenvalue weighted by atomic mass is 16.5. The summed E-state index contributed by atoms with van der Waals surface area (Å²) >= 11 is 0. The number of rotatable bonds is 6. The summed E-state index contributed by atoms with van der Waals surface area (Å²) in [6.45, 7) is 3.58. The monoisotopic (exact) mass is 293 g/mol. The molecule has 0 unspecified atom stereocenters.